The fraction of sp³-hybridized carbons (Fsp3) is 0.588. The molecule has 0 saturated carbocycles. The average molecular weight is 290 g/mol. The lowest BCUT2D eigenvalue weighted by Crippen LogP contribution is -2.34. The Morgan fingerprint density at radius 2 is 2.19 bits per heavy atom. The molecule has 1 aromatic rings. The molecule has 0 aromatic heterocycles. The second-order valence-corrected chi connectivity index (χ2v) is 6.23. The third-order valence-corrected chi connectivity index (χ3v) is 3.91. The number of nitrogens with one attached hydrogen (secondary N) is 1. The first-order valence-electron chi connectivity index (χ1n) is 7.81. The normalized spacial score (nSPS) is 18.8. The molecule has 0 radical (unpaired) electrons. The van der Waals surface area contributed by atoms with Gasteiger partial charge in [-0.2, -0.15) is 0 Å². The maximum atomic E-state index is 12.3. The van der Waals surface area contributed by atoms with Crippen molar-refractivity contribution in [3.63, 3.8) is 0 Å². The molecule has 1 aliphatic rings. The molecular weight excluding hydrogens is 264 g/mol. The first-order valence-corrected chi connectivity index (χ1v) is 7.81. The van der Waals surface area contributed by atoms with Crippen molar-refractivity contribution in [3.8, 4) is 5.75 Å². The highest BCUT2D eigenvalue weighted by molar-refractivity contribution is 5.77. The molecule has 0 aliphatic carbocycles. The molecule has 2 rings (SSSR count). The van der Waals surface area contributed by atoms with Gasteiger partial charge in [0.2, 0.25) is 5.91 Å². The van der Waals surface area contributed by atoms with Crippen LogP contribution in [0, 0.1) is 11.8 Å². The van der Waals surface area contributed by atoms with Crippen molar-refractivity contribution in [2.45, 2.75) is 39.2 Å². The quantitative estimate of drug-likeness (QED) is 0.846. The van der Waals surface area contributed by atoms with Crippen LogP contribution in [0.4, 0.5) is 0 Å². The van der Waals surface area contributed by atoms with E-state index in [4.69, 9.17) is 10.5 Å². The number of amides is 1. The highest BCUT2D eigenvalue weighted by Gasteiger charge is 2.23. The summed E-state index contributed by atoms with van der Waals surface area (Å²) in [5.74, 6) is 1.80. The maximum Gasteiger partial charge on any atom is 0.220 e. The molecule has 1 heterocycles. The fourth-order valence-electron chi connectivity index (χ4n) is 2.94. The zero-order valence-corrected chi connectivity index (χ0v) is 13.0. The van der Waals surface area contributed by atoms with Crippen LogP contribution in [-0.4, -0.2) is 19.1 Å². The molecule has 2 atom stereocenters. The number of hydrogen-bond donors (Lipinski definition) is 2. The second kappa shape index (κ2) is 7.46. The van der Waals surface area contributed by atoms with Gasteiger partial charge in [0.25, 0.3) is 0 Å². The van der Waals surface area contributed by atoms with Gasteiger partial charge in [0, 0.05) is 18.4 Å². The number of carbonyl (C=O) groups is 1. The minimum Gasteiger partial charge on any atom is -0.493 e. The molecule has 21 heavy (non-hydrogen) atoms. The van der Waals surface area contributed by atoms with Crippen molar-refractivity contribution in [3.05, 3.63) is 29.8 Å². The molecule has 0 saturated heterocycles. The lowest BCUT2D eigenvalue weighted by Gasteiger charge is -2.27. The molecule has 2 unspecified atom stereocenters. The summed E-state index contributed by atoms with van der Waals surface area (Å²) >= 11 is 0. The van der Waals surface area contributed by atoms with E-state index >= 15 is 0 Å². The van der Waals surface area contributed by atoms with Gasteiger partial charge in [0.05, 0.1) is 12.6 Å². The smallest absolute Gasteiger partial charge is 0.220 e. The summed E-state index contributed by atoms with van der Waals surface area (Å²) in [5, 5.41) is 3.14. The molecule has 0 fully saturated rings. The van der Waals surface area contributed by atoms with E-state index in [9.17, 15) is 4.79 Å². The van der Waals surface area contributed by atoms with Crippen LogP contribution < -0.4 is 15.8 Å². The topological polar surface area (TPSA) is 64.4 Å². The minimum absolute atomic E-state index is 0.0555. The van der Waals surface area contributed by atoms with E-state index in [0.717, 1.165) is 24.2 Å². The van der Waals surface area contributed by atoms with Gasteiger partial charge in [-0.25, -0.2) is 0 Å². The van der Waals surface area contributed by atoms with E-state index in [2.05, 4.69) is 19.2 Å². The SMILES string of the molecule is CC(C)CC(CN)CC(=O)NC1CCOc2ccccc21. The summed E-state index contributed by atoms with van der Waals surface area (Å²) in [6.45, 7) is 5.54. The van der Waals surface area contributed by atoms with Crippen LogP contribution in [-0.2, 0) is 4.79 Å². The Morgan fingerprint density at radius 3 is 2.90 bits per heavy atom. The van der Waals surface area contributed by atoms with Crippen molar-refractivity contribution >= 4 is 5.91 Å². The Kier molecular flexibility index (Phi) is 5.62. The summed E-state index contributed by atoms with van der Waals surface area (Å²) in [6, 6.07) is 7.97. The highest BCUT2D eigenvalue weighted by Crippen LogP contribution is 2.31. The Balaban J connectivity index is 1.94. The number of nitrogens with two attached hydrogens (primary N) is 1. The van der Waals surface area contributed by atoms with Crippen LogP contribution in [0.2, 0.25) is 0 Å². The van der Waals surface area contributed by atoms with Crippen molar-refractivity contribution in [1.82, 2.24) is 5.32 Å². The van der Waals surface area contributed by atoms with Gasteiger partial charge in [0.15, 0.2) is 0 Å². The van der Waals surface area contributed by atoms with Gasteiger partial charge >= 0.3 is 0 Å². The maximum absolute atomic E-state index is 12.3. The number of hydrogen-bond acceptors (Lipinski definition) is 3. The average Bonchev–Trinajstić information content (AvgIpc) is 2.46. The standard InChI is InChI=1S/C17H26N2O2/c1-12(2)9-13(11-18)10-17(20)19-15-7-8-21-16-6-4-3-5-14(15)16/h3-6,12-13,15H,7-11,18H2,1-2H3,(H,19,20). The van der Waals surface area contributed by atoms with Gasteiger partial charge < -0.3 is 15.8 Å². The van der Waals surface area contributed by atoms with Crippen LogP contribution in [0.5, 0.6) is 5.75 Å². The van der Waals surface area contributed by atoms with Crippen LogP contribution in [0.25, 0.3) is 0 Å². The van der Waals surface area contributed by atoms with Crippen LogP contribution in [0.1, 0.15) is 44.7 Å². The zero-order valence-electron chi connectivity index (χ0n) is 13.0. The molecular formula is C17H26N2O2. The largest absolute Gasteiger partial charge is 0.493 e. The van der Waals surface area contributed by atoms with Gasteiger partial charge in [0.1, 0.15) is 5.75 Å². The van der Waals surface area contributed by atoms with Crippen molar-refractivity contribution in [1.29, 1.82) is 0 Å². The van der Waals surface area contributed by atoms with Crippen molar-refractivity contribution < 1.29 is 9.53 Å². The predicted molar refractivity (Wildman–Crippen MR) is 84.1 cm³/mol. The van der Waals surface area contributed by atoms with Crippen LogP contribution in [0.15, 0.2) is 24.3 Å². The summed E-state index contributed by atoms with van der Waals surface area (Å²) in [5.41, 5.74) is 6.85. The Bertz CT molecular complexity index is 474. The fourth-order valence-corrected chi connectivity index (χ4v) is 2.94. The Labute approximate surface area is 127 Å². The highest BCUT2D eigenvalue weighted by atomic mass is 16.5. The molecule has 4 heteroatoms. The lowest BCUT2D eigenvalue weighted by atomic mass is 9.93. The third-order valence-electron chi connectivity index (χ3n) is 3.91. The summed E-state index contributed by atoms with van der Waals surface area (Å²) in [7, 11) is 0. The van der Waals surface area contributed by atoms with Crippen molar-refractivity contribution in [2.24, 2.45) is 17.6 Å². The first kappa shape index (κ1) is 15.8. The number of para-hydroxylation sites is 1. The number of fused-ring (bicyclic) bond motifs is 1. The molecule has 4 nitrogen and oxygen atoms in total. The van der Waals surface area contributed by atoms with Gasteiger partial charge in [-0.15, -0.1) is 0 Å². The predicted octanol–water partition coefficient (Wildman–Crippen LogP) is 2.64. The van der Waals surface area contributed by atoms with Gasteiger partial charge in [-0.05, 0) is 30.9 Å². The van der Waals surface area contributed by atoms with E-state index in [0.29, 0.717) is 25.5 Å². The van der Waals surface area contributed by atoms with Crippen LogP contribution in [0.3, 0.4) is 0 Å². The number of rotatable bonds is 6. The van der Waals surface area contributed by atoms with Gasteiger partial charge in [-0.3, -0.25) is 4.79 Å². The molecule has 116 valence electrons. The molecule has 1 amide bonds. The second-order valence-electron chi connectivity index (χ2n) is 6.23. The number of carbonyl (C=O) groups excluding carboxylic acids is 1. The molecule has 1 aromatic carbocycles. The van der Waals surface area contributed by atoms with E-state index in [1.54, 1.807) is 0 Å². The lowest BCUT2D eigenvalue weighted by molar-refractivity contribution is -0.123. The van der Waals surface area contributed by atoms with E-state index in [-0.39, 0.29) is 17.9 Å². The Hall–Kier alpha value is -1.55. The number of ether oxygens (including phenoxy) is 1. The molecule has 1 aliphatic heterocycles. The first-order chi connectivity index (χ1) is 10.1. The monoisotopic (exact) mass is 290 g/mol. The van der Waals surface area contributed by atoms with E-state index in [1.165, 1.54) is 0 Å². The van der Waals surface area contributed by atoms with Crippen molar-refractivity contribution in [2.75, 3.05) is 13.2 Å². The molecule has 0 spiro atoms. The van der Waals surface area contributed by atoms with E-state index in [1.807, 2.05) is 24.3 Å². The summed E-state index contributed by atoms with van der Waals surface area (Å²) in [6.07, 6.45) is 2.32. The Morgan fingerprint density at radius 1 is 1.43 bits per heavy atom. The van der Waals surface area contributed by atoms with Crippen LogP contribution >= 0.6 is 0 Å². The van der Waals surface area contributed by atoms with Gasteiger partial charge in [-0.1, -0.05) is 32.0 Å². The molecule has 3 N–H and O–H groups in total. The molecule has 0 bridgehead atoms. The van der Waals surface area contributed by atoms with E-state index < -0.39 is 0 Å². The minimum atomic E-state index is 0.0555. The summed E-state index contributed by atoms with van der Waals surface area (Å²) < 4.78 is 5.62. The third kappa shape index (κ3) is 4.46. The number of benzene rings is 1. The zero-order chi connectivity index (χ0) is 15.2. The summed E-state index contributed by atoms with van der Waals surface area (Å²) in [4.78, 5) is 12.3.